The van der Waals surface area contributed by atoms with E-state index in [2.05, 4.69) is 194 Å². The highest BCUT2D eigenvalue weighted by molar-refractivity contribution is 6.31. The minimum Gasteiger partial charge on any atom is -0.0622 e. The molecule has 11 aromatic carbocycles. The quantitative estimate of drug-likeness (QED) is 0.161. The summed E-state index contributed by atoms with van der Waals surface area (Å²) in [7, 11) is 0. The van der Waals surface area contributed by atoms with Gasteiger partial charge in [-0.05, 0) is 156 Å². The molecule has 0 saturated carbocycles. The Hall–Kier alpha value is -7.28. The van der Waals surface area contributed by atoms with E-state index in [1.54, 1.807) is 0 Å². The molecule has 0 fully saturated rings. The number of benzene rings is 11. The molecule has 0 spiro atoms. The monoisotopic (exact) mass is 704 g/mol. The van der Waals surface area contributed by atoms with Crippen LogP contribution in [0.25, 0.3) is 132 Å². The number of hydrogen-bond acceptors (Lipinski definition) is 0. The van der Waals surface area contributed by atoms with Crippen LogP contribution in [0.2, 0.25) is 0 Å². The Bertz CT molecular complexity index is 3450. The van der Waals surface area contributed by atoms with E-state index >= 15 is 0 Å². The van der Waals surface area contributed by atoms with Gasteiger partial charge in [-0.25, -0.2) is 0 Å². The topological polar surface area (TPSA) is 0 Å². The summed E-state index contributed by atoms with van der Waals surface area (Å²) >= 11 is 0. The second kappa shape index (κ2) is 11.1. The fourth-order valence-corrected chi connectivity index (χ4v) is 10.4. The van der Waals surface area contributed by atoms with Crippen molar-refractivity contribution in [1.82, 2.24) is 0 Å². The molecule has 0 aromatic heterocycles. The average Bonchev–Trinajstić information content (AvgIpc) is 3.75. The molecule has 0 bridgehead atoms. The van der Waals surface area contributed by atoms with Gasteiger partial charge in [0.15, 0.2) is 0 Å². The van der Waals surface area contributed by atoms with Crippen molar-refractivity contribution in [2.75, 3.05) is 0 Å². The molecule has 2 aliphatic rings. The van der Waals surface area contributed by atoms with Crippen molar-refractivity contribution < 1.29 is 0 Å². The van der Waals surface area contributed by atoms with E-state index in [0.717, 1.165) is 0 Å². The molecule has 0 heterocycles. The van der Waals surface area contributed by atoms with E-state index in [4.69, 9.17) is 0 Å². The Morgan fingerprint density at radius 3 is 1.45 bits per heavy atom. The maximum absolute atomic E-state index is 2.49. The Morgan fingerprint density at radius 1 is 0.196 bits per heavy atom. The molecular formula is C56H32. The third-order valence-corrected chi connectivity index (χ3v) is 12.7. The second-order valence-electron chi connectivity index (χ2n) is 15.5. The largest absolute Gasteiger partial charge is 0.0622 e. The van der Waals surface area contributed by atoms with Crippen LogP contribution in [0.1, 0.15) is 0 Å². The number of hydrogen-bond donors (Lipinski definition) is 0. The molecule has 0 atom stereocenters. The van der Waals surface area contributed by atoms with E-state index in [-0.39, 0.29) is 0 Å². The first kappa shape index (κ1) is 30.1. The lowest BCUT2D eigenvalue weighted by Crippen LogP contribution is -1.94. The van der Waals surface area contributed by atoms with Gasteiger partial charge >= 0.3 is 0 Å². The summed E-state index contributed by atoms with van der Waals surface area (Å²) in [6, 6.07) is 72.8. The Labute approximate surface area is 324 Å². The maximum atomic E-state index is 2.49. The smallest absolute Gasteiger partial charge is 0.000719 e. The highest BCUT2D eigenvalue weighted by Crippen LogP contribution is 2.59. The highest BCUT2D eigenvalue weighted by atomic mass is 14.3. The van der Waals surface area contributed by atoms with E-state index in [1.165, 1.54) is 132 Å². The van der Waals surface area contributed by atoms with E-state index in [1.807, 2.05) is 0 Å². The van der Waals surface area contributed by atoms with Gasteiger partial charge in [0.1, 0.15) is 0 Å². The second-order valence-corrected chi connectivity index (χ2v) is 15.5. The summed E-state index contributed by atoms with van der Waals surface area (Å²) in [5.41, 5.74) is 18.2. The molecule has 56 heavy (non-hydrogen) atoms. The van der Waals surface area contributed by atoms with Crippen LogP contribution in [-0.4, -0.2) is 0 Å². The van der Waals surface area contributed by atoms with E-state index < -0.39 is 0 Å². The molecular weight excluding hydrogens is 673 g/mol. The lowest BCUT2D eigenvalue weighted by Gasteiger charge is -2.21. The third-order valence-electron chi connectivity index (χ3n) is 12.7. The zero-order valence-corrected chi connectivity index (χ0v) is 30.5. The van der Waals surface area contributed by atoms with Gasteiger partial charge in [-0.2, -0.15) is 0 Å². The van der Waals surface area contributed by atoms with Crippen LogP contribution in [-0.2, 0) is 0 Å². The number of rotatable bonds is 3. The highest BCUT2D eigenvalue weighted by Gasteiger charge is 2.32. The van der Waals surface area contributed by atoms with Gasteiger partial charge in [-0.15, -0.1) is 0 Å². The van der Waals surface area contributed by atoms with Gasteiger partial charge in [-0.1, -0.05) is 170 Å². The van der Waals surface area contributed by atoms with Gasteiger partial charge in [0, 0.05) is 0 Å². The first-order valence-electron chi connectivity index (χ1n) is 19.6. The molecule has 0 unspecified atom stereocenters. The lowest BCUT2D eigenvalue weighted by molar-refractivity contribution is 1.62. The van der Waals surface area contributed by atoms with Crippen molar-refractivity contribution in [3.05, 3.63) is 194 Å². The molecule has 256 valence electrons. The first-order valence-corrected chi connectivity index (χ1v) is 19.6. The summed E-state index contributed by atoms with van der Waals surface area (Å²) in [5.74, 6) is 0. The summed E-state index contributed by atoms with van der Waals surface area (Å²) in [4.78, 5) is 0. The van der Waals surface area contributed by atoms with Crippen LogP contribution in [0.3, 0.4) is 0 Å². The van der Waals surface area contributed by atoms with Gasteiger partial charge < -0.3 is 0 Å². The maximum Gasteiger partial charge on any atom is -0.000719 e. The van der Waals surface area contributed by atoms with Crippen molar-refractivity contribution in [3.8, 4) is 77.9 Å². The SMILES string of the molecule is c1ccc(-c2c3c(c(-c4ccccc4)c4cc(-c5ccc6c7c(cccc57)-c5cc7ccccc7cc5-6)ccc24)-c2cccc4c2c-3cc2ccccc24)cc1. The fraction of sp³-hybridized carbons (Fsp3) is 0. The van der Waals surface area contributed by atoms with Crippen molar-refractivity contribution >= 4 is 53.9 Å². The predicted molar refractivity (Wildman–Crippen MR) is 239 cm³/mol. The van der Waals surface area contributed by atoms with Gasteiger partial charge in [-0.3, -0.25) is 0 Å². The standard InChI is InChI=1S/C56H32/c1-3-13-33(14-4-1)51-45-26-25-38(40-27-28-44-48-30-36-18-8-7-17-35(36)29-47(48)43-23-11-21-42(40)53(43)44)31-49(45)52(34-15-5-2-6-16-34)55-46-24-12-22-41-39-20-10-9-19-37(39)32-50(54(41)46)56(51)55/h1-32H. The minimum absolute atomic E-state index is 1.23. The van der Waals surface area contributed by atoms with Crippen LogP contribution in [0.5, 0.6) is 0 Å². The molecule has 0 saturated heterocycles. The molecule has 0 radical (unpaired) electrons. The molecule has 2 aliphatic carbocycles. The first-order chi connectivity index (χ1) is 27.8. The van der Waals surface area contributed by atoms with Crippen molar-refractivity contribution in [1.29, 1.82) is 0 Å². The molecule has 0 N–H and O–H groups in total. The molecule has 0 amide bonds. The summed E-state index contributed by atoms with van der Waals surface area (Å²) in [5, 5.41) is 13.0. The Balaban J connectivity index is 1.15. The summed E-state index contributed by atoms with van der Waals surface area (Å²) in [6.07, 6.45) is 0. The lowest BCUT2D eigenvalue weighted by atomic mass is 9.81. The molecule has 11 aromatic rings. The van der Waals surface area contributed by atoms with Gasteiger partial charge in [0.05, 0.1) is 0 Å². The zero-order valence-electron chi connectivity index (χ0n) is 30.5. The fourth-order valence-electron chi connectivity index (χ4n) is 10.4. The van der Waals surface area contributed by atoms with Crippen LogP contribution in [0.4, 0.5) is 0 Å². The van der Waals surface area contributed by atoms with Crippen molar-refractivity contribution in [2.45, 2.75) is 0 Å². The molecule has 13 rings (SSSR count). The van der Waals surface area contributed by atoms with Crippen molar-refractivity contribution in [2.24, 2.45) is 0 Å². The summed E-state index contributed by atoms with van der Waals surface area (Å²) < 4.78 is 0. The molecule has 0 heteroatoms. The van der Waals surface area contributed by atoms with Crippen LogP contribution in [0, 0.1) is 0 Å². The van der Waals surface area contributed by atoms with Crippen LogP contribution in [0.15, 0.2) is 194 Å². The molecule has 0 aliphatic heterocycles. The van der Waals surface area contributed by atoms with E-state index in [9.17, 15) is 0 Å². The normalized spacial score (nSPS) is 12.3. The van der Waals surface area contributed by atoms with Crippen LogP contribution < -0.4 is 0 Å². The Kier molecular flexibility index (Phi) is 5.98. The van der Waals surface area contributed by atoms with Gasteiger partial charge in [0.2, 0.25) is 0 Å². The zero-order chi connectivity index (χ0) is 36.5. The van der Waals surface area contributed by atoms with Crippen molar-refractivity contribution in [3.63, 3.8) is 0 Å². The predicted octanol–water partition coefficient (Wildman–Crippen LogP) is 15.7. The minimum atomic E-state index is 1.23. The van der Waals surface area contributed by atoms with E-state index in [0.29, 0.717) is 0 Å². The Morgan fingerprint density at radius 2 is 0.714 bits per heavy atom. The molecule has 0 nitrogen and oxygen atoms in total. The van der Waals surface area contributed by atoms with Gasteiger partial charge in [0.25, 0.3) is 0 Å². The van der Waals surface area contributed by atoms with Crippen LogP contribution >= 0.6 is 0 Å². The summed E-state index contributed by atoms with van der Waals surface area (Å²) in [6.45, 7) is 0. The average molecular weight is 705 g/mol. The number of fused-ring (bicyclic) bond motifs is 10. The third kappa shape index (κ3) is 3.98.